The van der Waals surface area contributed by atoms with Gasteiger partial charge in [0.2, 0.25) is 0 Å². The normalized spacial score (nSPS) is 12.0. The Labute approximate surface area is 128 Å². The van der Waals surface area contributed by atoms with Crippen LogP contribution >= 0.6 is 0 Å². The molecule has 0 bridgehead atoms. The van der Waals surface area contributed by atoms with Crippen LogP contribution in [-0.4, -0.2) is 12.5 Å². The summed E-state index contributed by atoms with van der Waals surface area (Å²) in [4.78, 5) is 11.9. The topological polar surface area (TPSA) is 51.5 Å². The molecule has 0 aliphatic heterocycles. The van der Waals surface area contributed by atoms with Gasteiger partial charge in [-0.05, 0) is 31.2 Å². The lowest BCUT2D eigenvalue weighted by Crippen LogP contribution is -2.31. The van der Waals surface area contributed by atoms with Crippen molar-refractivity contribution < 1.29 is 13.9 Å². The number of ether oxygens (including phenoxy) is 1. The first-order chi connectivity index (χ1) is 10.7. The van der Waals surface area contributed by atoms with Crippen LogP contribution in [0.2, 0.25) is 0 Å². The van der Waals surface area contributed by atoms with E-state index >= 15 is 0 Å². The van der Waals surface area contributed by atoms with E-state index in [0.29, 0.717) is 5.75 Å². The molecule has 0 fully saturated rings. The monoisotopic (exact) mass is 295 g/mol. The van der Waals surface area contributed by atoms with E-state index in [2.05, 4.69) is 5.32 Å². The summed E-state index contributed by atoms with van der Waals surface area (Å²) >= 11 is 0. The second-order valence-electron chi connectivity index (χ2n) is 5.08. The number of carbonyl (C=O) groups is 1. The Morgan fingerprint density at radius 1 is 1.14 bits per heavy atom. The Bertz CT molecular complexity index is 731. The lowest BCUT2D eigenvalue weighted by Gasteiger charge is -2.12. The molecule has 1 N–H and O–H groups in total. The van der Waals surface area contributed by atoms with Crippen LogP contribution in [0.4, 0.5) is 0 Å². The highest BCUT2D eigenvalue weighted by molar-refractivity contribution is 5.79. The highest BCUT2D eigenvalue weighted by atomic mass is 16.5. The molecule has 1 heterocycles. The van der Waals surface area contributed by atoms with Crippen LogP contribution in [0, 0.1) is 0 Å². The summed E-state index contributed by atoms with van der Waals surface area (Å²) in [6.45, 7) is 1.87. The molecule has 0 aliphatic carbocycles. The number of benzene rings is 2. The molecule has 3 aromatic rings. The van der Waals surface area contributed by atoms with Gasteiger partial charge in [0.15, 0.2) is 6.61 Å². The molecule has 1 amide bonds. The van der Waals surface area contributed by atoms with Crippen molar-refractivity contribution >= 4 is 16.9 Å². The van der Waals surface area contributed by atoms with Gasteiger partial charge in [0.1, 0.15) is 17.1 Å². The van der Waals surface area contributed by atoms with E-state index in [1.165, 1.54) is 0 Å². The molecule has 112 valence electrons. The molecular formula is C18H17NO3. The molecule has 1 unspecified atom stereocenters. The number of nitrogens with one attached hydrogen (secondary N) is 1. The van der Waals surface area contributed by atoms with Crippen LogP contribution in [0.1, 0.15) is 18.7 Å². The van der Waals surface area contributed by atoms with Crippen molar-refractivity contribution in [3.05, 3.63) is 66.4 Å². The van der Waals surface area contributed by atoms with E-state index in [1.807, 2.05) is 67.6 Å². The van der Waals surface area contributed by atoms with Crippen molar-refractivity contribution in [3.8, 4) is 5.75 Å². The molecule has 4 nitrogen and oxygen atoms in total. The Kier molecular flexibility index (Phi) is 4.10. The Balaban J connectivity index is 1.58. The minimum absolute atomic E-state index is 0.0193. The molecule has 1 aromatic heterocycles. The van der Waals surface area contributed by atoms with Crippen molar-refractivity contribution in [3.63, 3.8) is 0 Å². The quantitative estimate of drug-likeness (QED) is 0.781. The van der Waals surface area contributed by atoms with Crippen LogP contribution in [0.15, 0.2) is 65.1 Å². The molecule has 22 heavy (non-hydrogen) atoms. The van der Waals surface area contributed by atoms with Gasteiger partial charge in [-0.3, -0.25) is 4.79 Å². The van der Waals surface area contributed by atoms with Crippen molar-refractivity contribution in [2.24, 2.45) is 0 Å². The third kappa shape index (κ3) is 3.28. The van der Waals surface area contributed by atoms with Crippen LogP contribution in [0.25, 0.3) is 11.0 Å². The van der Waals surface area contributed by atoms with Crippen LogP contribution in [-0.2, 0) is 4.79 Å². The lowest BCUT2D eigenvalue weighted by molar-refractivity contribution is -0.123. The first kappa shape index (κ1) is 14.2. The zero-order valence-electron chi connectivity index (χ0n) is 12.3. The van der Waals surface area contributed by atoms with Gasteiger partial charge in [-0.1, -0.05) is 36.4 Å². The van der Waals surface area contributed by atoms with E-state index in [1.54, 1.807) is 0 Å². The average molecular weight is 295 g/mol. The van der Waals surface area contributed by atoms with Crippen molar-refractivity contribution in [1.29, 1.82) is 0 Å². The summed E-state index contributed by atoms with van der Waals surface area (Å²) in [5.74, 6) is 1.22. The van der Waals surface area contributed by atoms with Gasteiger partial charge < -0.3 is 14.5 Å². The fraction of sp³-hybridized carbons (Fsp3) is 0.167. The molecule has 2 aromatic carbocycles. The van der Waals surface area contributed by atoms with Crippen LogP contribution in [0.3, 0.4) is 0 Å². The summed E-state index contributed by atoms with van der Waals surface area (Å²) in [5.41, 5.74) is 0.819. The average Bonchev–Trinajstić information content (AvgIpc) is 2.98. The Hall–Kier alpha value is -2.75. The fourth-order valence-electron chi connectivity index (χ4n) is 2.24. The summed E-state index contributed by atoms with van der Waals surface area (Å²) in [6, 6.07) is 18.8. The molecule has 0 saturated carbocycles. The predicted molar refractivity (Wildman–Crippen MR) is 84.7 cm³/mol. The number of hydrogen-bond donors (Lipinski definition) is 1. The first-order valence-electron chi connectivity index (χ1n) is 7.18. The summed E-state index contributed by atoms with van der Waals surface area (Å²) in [5, 5.41) is 3.90. The number of fused-ring (bicyclic) bond motifs is 1. The van der Waals surface area contributed by atoms with Crippen LogP contribution < -0.4 is 10.1 Å². The van der Waals surface area contributed by atoms with Gasteiger partial charge in [0.25, 0.3) is 5.91 Å². The van der Waals surface area contributed by atoms with E-state index in [0.717, 1.165) is 16.7 Å². The summed E-state index contributed by atoms with van der Waals surface area (Å²) in [7, 11) is 0. The standard InChI is InChI=1S/C18H17NO3/c1-13(17-11-14-7-5-6-10-16(14)22-17)19-18(20)12-21-15-8-3-2-4-9-15/h2-11,13H,12H2,1H3,(H,19,20). The maximum absolute atomic E-state index is 11.9. The largest absolute Gasteiger partial charge is 0.484 e. The highest BCUT2D eigenvalue weighted by Gasteiger charge is 2.14. The summed E-state index contributed by atoms with van der Waals surface area (Å²) in [6.07, 6.45) is 0. The number of para-hydroxylation sites is 2. The SMILES string of the molecule is CC(NC(=O)COc1ccccc1)c1cc2ccccc2o1. The molecule has 1 atom stereocenters. The van der Waals surface area contributed by atoms with Crippen molar-refractivity contribution in [2.45, 2.75) is 13.0 Å². The van der Waals surface area contributed by atoms with Gasteiger partial charge in [-0.2, -0.15) is 0 Å². The maximum atomic E-state index is 11.9. The molecule has 0 spiro atoms. The van der Waals surface area contributed by atoms with Gasteiger partial charge >= 0.3 is 0 Å². The summed E-state index contributed by atoms with van der Waals surface area (Å²) < 4.78 is 11.2. The molecule has 0 saturated heterocycles. The number of carbonyl (C=O) groups excluding carboxylic acids is 1. The molecule has 4 heteroatoms. The number of furan rings is 1. The lowest BCUT2D eigenvalue weighted by atomic mass is 10.2. The second kappa shape index (κ2) is 6.35. The van der Waals surface area contributed by atoms with E-state index in [-0.39, 0.29) is 18.6 Å². The third-order valence-corrected chi connectivity index (χ3v) is 3.36. The van der Waals surface area contributed by atoms with Crippen molar-refractivity contribution in [2.75, 3.05) is 6.61 Å². The van der Waals surface area contributed by atoms with E-state index < -0.39 is 0 Å². The van der Waals surface area contributed by atoms with Crippen LogP contribution in [0.5, 0.6) is 5.75 Å². The van der Waals surface area contributed by atoms with E-state index in [4.69, 9.17) is 9.15 Å². The number of amides is 1. The third-order valence-electron chi connectivity index (χ3n) is 3.36. The highest BCUT2D eigenvalue weighted by Crippen LogP contribution is 2.23. The Morgan fingerprint density at radius 2 is 1.86 bits per heavy atom. The first-order valence-corrected chi connectivity index (χ1v) is 7.18. The van der Waals surface area contributed by atoms with Gasteiger partial charge in [0, 0.05) is 5.39 Å². The van der Waals surface area contributed by atoms with Gasteiger partial charge in [0.05, 0.1) is 6.04 Å². The Morgan fingerprint density at radius 3 is 2.64 bits per heavy atom. The van der Waals surface area contributed by atoms with Gasteiger partial charge in [-0.25, -0.2) is 0 Å². The minimum atomic E-state index is -0.209. The van der Waals surface area contributed by atoms with Crippen molar-refractivity contribution in [1.82, 2.24) is 5.32 Å². The minimum Gasteiger partial charge on any atom is -0.484 e. The smallest absolute Gasteiger partial charge is 0.258 e. The van der Waals surface area contributed by atoms with Gasteiger partial charge in [-0.15, -0.1) is 0 Å². The second-order valence-corrected chi connectivity index (χ2v) is 5.08. The molecule has 0 radical (unpaired) electrons. The maximum Gasteiger partial charge on any atom is 0.258 e. The fourth-order valence-corrected chi connectivity index (χ4v) is 2.24. The molecule has 0 aliphatic rings. The van der Waals surface area contributed by atoms with E-state index in [9.17, 15) is 4.79 Å². The number of rotatable bonds is 5. The predicted octanol–water partition coefficient (Wildman–Crippen LogP) is 3.69. The zero-order chi connectivity index (χ0) is 15.4. The number of hydrogen-bond acceptors (Lipinski definition) is 3. The zero-order valence-corrected chi connectivity index (χ0v) is 12.3. The molecular weight excluding hydrogens is 278 g/mol. The molecule has 3 rings (SSSR count).